The summed E-state index contributed by atoms with van der Waals surface area (Å²) in [5.74, 6) is -0.809. The minimum Gasteiger partial charge on any atom is -0.366 e. The van der Waals surface area contributed by atoms with E-state index in [1.165, 1.54) is 12.1 Å². The van der Waals surface area contributed by atoms with E-state index in [0.717, 1.165) is 6.42 Å². The second kappa shape index (κ2) is 6.54. The summed E-state index contributed by atoms with van der Waals surface area (Å²) in [6.45, 7) is 3.88. The van der Waals surface area contributed by atoms with Gasteiger partial charge < -0.3 is 16.8 Å². The SMILES string of the molecule is CCC(C)[C@H](N)C(=O)Nc1ccc(C(N)=O)c(Cl)c1. The summed E-state index contributed by atoms with van der Waals surface area (Å²) in [5.41, 5.74) is 11.7. The highest BCUT2D eigenvalue weighted by Gasteiger charge is 2.19. The number of carbonyl (C=O) groups is 2. The molecule has 5 nitrogen and oxygen atoms in total. The molecule has 6 heteroatoms. The number of nitrogens with two attached hydrogens (primary N) is 2. The number of anilines is 1. The molecule has 0 fully saturated rings. The maximum atomic E-state index is 11.9. The average Bonchev–Trinajstić information content (AvgIpc) is 2.36. The summed E-state index contributed by atoms with van der Waals surface area (Å²) < 4.78 is 0. The van der Waals surface area contributed by atoms with E-state index in [9.17, 15) is 9.59 Å². The summed E-state index contributed by atoms with van der Waals surface area (Å²) in [6.07, 6.45) is 0.815. The van der Waals surface area contributed by atoms with Crippen LogP contribution in [0.5, 0.6) is 0 Å². The zero-order valence-corrected chi connectivity index (χ0v) is 11.7. The summed E-state index contributed by atoms with van der Waals surface area (Å²) in [6, 6.07) is 3.92. The van der Waals surface area contributed by atoms with Crippen LogP contribution in [-0.2, 0) is 4.79 Å². The molecular formula is C13H18ClN3O2. The second-order valence-electron chi connectivity index (χ2n) is 4.46. The molecule has 2 atom stereocenters. The van der Waals surface area contributed by atoms with E-state index in [4.69, 9.17) is 23.1 Å². The van der Waals surface area contributed by atoms with E-state index in [1.54, 1.807) is 6.07 Å². The molecule has 1 aromatic carbocycles. The molecule has 0 radical (unpaired) electrons. The Morgan fingerprint density at radius 2 is 2.05 bits per heavy atom. The molecule has 0 aromatic heterocycles. The van der Waals surface area contributed by atoms with Gasteiger partial charge in [0.15, 0.2) is 0 Å². The van der Waals surface area contributed by atoms with Gasteiger partial charge in [0.1, 0.15) is 0 Å². The van der Waals surface area contributed by atoms with Crippen LogP contribution in [0, 0.1) is 5.92 Å². The predicted molar refractivity (Wildman–Crippen MR) is 76.0 cm³/mol. The molecule has 1 unspecified atom stereocenters. The van der Waals surface area contributed by atoms with Gasteiger partial charge in [0, 0.05) is 5.69 Å². The maximum absolute atomic E-state index is 11.9. The molecule has 1 aromatic rings. The van der Waals surface area contributed by atoms with Crippen molar-refractivity contribution in [3.63, 3.8) is 0 Å². The van der Waals surface area contributed by atoms with E-state index in [-0.39, 0.29) is 22.4 Å². The van der Waals surface area contributed by atoms with Crippen LogP contribution >= 0.6 is 11.6 Å². The van der Waals surface area contributed by atoms with Crippen LogP contribution in [0.3, 0.4) is 0 Å². The smallest absolute Gasteiger partial charge is 0.250 e. The van der Waals surface area contributed by atoms with Crippen LogP contribution in [-0.4, -0.2) is 17.9 Å². The fraction of sp³-hybridized carbons (Fsp3) is 0.385. The van der Waals surface area contributed by atoms with Crippen molar-refractivity contribution in [2.24, 2.45) is 17.4 Å². The molecule has 19 heavy (non-hydrogen) atoms. The molecule has 104 valence electrons. The number of hydrogen-bond acceptors (Lipinski definition) is 3. The number of amides is 2. The molecule has 0 saturated carbocycles. The maximum Gasteiger partial charge on any atom is 0.250 e. The molecule has 5 N–H and O–H groups in total. The molecule has 2 amide bonds. The molecule has 0 spiro atoms. The van der Waals surface area contributed by atoms with E-state index in [2.05, 4.69) is 5.32 Å². The highest BCUT2D eigenvalue weighted by molar-refractivity contribution is 6.34. The quantitative estimate of drug-likeness (QED) is 0.768. The molecular weight excluding hydrogens is 266 g/mol. The normalized spacial score (nSPS) is 13.7. The van der Waals surface area contributed by atoms with E-state index < -0.39 is 11.9 Å². The van der Waals surface area contributed by atoms with Gasteiger partial charge >= 0.3 is 0 Å². The topological polar surface area (TPSA) is 98.2 Å². The summed E-state index contributed by atoms with van der Waals surface area (Å²) in [5, 5.41) is 2.86. The Balaban J connectivity index is 2.81. The van der Waals surface area contributed by atoms with E-state index in [1.807, 2.05) is 13.8 Å². The number of hydrogen-bond donors (Lipinski definition) is 3. The Labute approximate surface area is 117 Å². The highest BCUT2D eigenvalue weighted by atomic mass is 35.5. The largest absolute Gasteiger partial charge is 0.366 e. The Morgan fingerprint density at radius 1 is 1.42 bits per heavy atom. The van der Waals surface area contributed by atoms with Gasteiger partial charge in [0.05, 0.1) is 16.6 Å². The van der Waals surface area contributed by atoms with Crippen LogP contribution in [0.15, 0.2) is 18.2 Å². The van der Waals surface area contributed by atoms with Gasteiger partial charge in [-0.2, -0.15) is 0 Å². The van der Waals surface area contributed by atoms with E-state index >= 15 is 0 Å². The minimum atomic E-state index is -0.612. The van der Waals surface area contributed by atoms with Gasteiger partial charge in [-0.3, -0.25) is 9.59 Å². The van der Waals surface area contributed by atoms with Gasteiger partial charge in [-0.05, 0) is 24.1 Å². The first-order valence-corrected chi connectivity index (χ1v) is 6.40. The van der Waals surface area contributed by atoms with Crippen molar-refractivity contribution in [3.8, 4) is 0 Å². The van der Waals surface area contributed by atoms with Crippen LogP contribution in [0.2, 0.25) is 5.02 Å². The number of rotatable bonds is 5. The number of primary amides is 1. The first-order chi connectivity index (χ1) is 8.86. The third-order valence-corrected chi connectivity index (χ3v) is 3.37. The van der Waals surface area contributed by atoms with Crippen LogP contribution < -0.4 is 16.8 Å². The fourth-order valence-corrected chi connectivity index (χ4v) is 1.80. The lowest BCUT2D eigenvalue weighted by atomic mass is 9.99. The van der Waals surface area contributed by atoms with Gasteiger partial charge in [-0.1, -0.05) is 31.9 Å². The monoisotopic (exact) mass is 283 g/mol. The third-order valence-electron chi connectivity index (χ3n) is 3.06. The Kier molecular flexibility index (Phi) is 5.32. The van der Waals surface area contributed by atoms with Crippen LogP contribution in [0.1, 0.15) is 30.6 Å². The standard InChI is InChI=1S/C13H18ClN3O2/c1-3-7(2)11(15)13(19)17-8-4-5-9(12(16)18)10(14)6-8/h4-7,11H,3,15H2,1-2H3,(H2,16,18)(H,17,19)/t7?,11-/m0/s1. The second-order valence-corrected chi connectivity index (χ2v) is 4.87. The highest BCUT2D eigenvalue weighted by Crippen LogP contribution is 2.21. The fourth-order valence-electron chi connectivity index (χ4n) is 1.53. The predicted octanol–water partition coefficient (Wildman–Crippen LogP) is 1.75. The number of carbonyl (C=O) groups excluding carboxylic acids is 2. The van der Waals surface area contributed by atoms with Gasteiger partial charge in [-0.25, -0.2) is 0 Å². The summed E-state index contributed by atoms with van der Waals surface area (Å²) >= 11 is 5.89. The van der Waals surface area contributed by atoms with Crippen LogP contribution in [0.4, 0.5) is 5.69 Å². The van der Waals surface area contributed by atoms with Crippen molar-refractivity contribution in [3.05, 3.63) is 28.8 Å². The van der Waals surface area contributed by atoms with Crippen molar-refractivity contribution in [2.75, 3.05) is 5.32 Å². The Hall–Kier alpha value is -1.59. The zero-order chi connectivity index (χ0) is 14.6. The summed E-state index contributed by atoms with van der Waals surface area (Å²) in [4.78, 5) is 22.9. The minimum absolute atomic E-state index is 0.0837. The van der Waals surface area contributed by atoms with Crippen molar-refractivity contribution < 1.29 is 9.59 Å². The molecule has 0 aliphatic heterocycles. The Bertz CT molecular complexity index is 491. The Morgan fingerprint density at radius 3 is 2.53 bits per heavy atom. The lowest BCUT2D eigenvalue weighted by Crippen LogP contribution is -2.40. The number of halogens is 1. The number of nitrogens with one attached hydrogen (secondary N) is 1. The van der Waals surface area contributed by atoms with Crippen molar-refractivity contribution in [1.82, 2.24) is 0 Å². The van der Waals surface area contributed by atoms with Gasteiger partial charge in [-0.15, -0.1) is 0 Å². The lowest BCUT2D eigenvalue weighted by Gasteiger charge is -2.17. The molecule has 0 saturated heterocycles. The van der Waals surface area contributed by atoms with Crippen molar-refractivity contribution in [2.45, 2.75) is 26.3 Å². The van der Waals surface area contributed by atoms with Gasteiger partial charge in [0.25, 0.3) is 0 Å². The lowest BCUT2D eigenvalue weighted by molar-refractivity contribution is -0.118. The first kappa shape index (κ1) is 15.5. The molecule has 0 aliphatic carbocycles. The zero-order valence-electron chi connectivity index (χ0n) is 10.9. The molecule has 0 aliphatic rings. The third kappa shape index (κ3) is 3.94. The van der Waals surface area contributed by atoms with E-state index in [0.29, 0.717) is 5.69 Å². The van der Waals surface area contributed by atoms with Gasteiger partial charge in [0.2, 0.25) is 11.8 Å². The van der Waals surface area contributed by atoms with Crippen molar-refractivity contribution >= 4 is 29.1 Å². The number of benzene rings is 1. The molecule has 0 heterocycles. The van der Waals surface area contributed by atoms with Crippen molar-refractivity contribution in [1.29, 1.82) is 0 Å². The van der Waals surface area contributed by atoms with Crippen LogP contribution in [0.25, 0.3) is 0 Å². The molecule has 1 rings (SSSR count). The molecule has 0 bridgehead atoms. The average molecular weight is 284 g/mol. The summed E-state index contributed by atoms with van der Waals surface area (Å²) in [7, 11) is 0. The first-order valence-electron chi connectivity index (χ1n) is 6.02.